The lowest BCUT2D eigenvalue weighted by molar-refractivity contribution is -0.400. The van der Waals surface area contributed by atoms with E-state index in [4.69, 9.17) is 47.4 Å². The molecule has 5 aliphatic heterocycles. The van der Waals surface area contributed by atoms with Gasteiger partial charge < -0.3 is 134 Å². The van der Waals surface area contributed by atoms with Gasteiger partial charge in [0.05, 0.1) is 44.4 Å². The third kappa shape index (κ3) is 10.4. The van der Waals surface area contributed by atoms with Crippen molar-refractivity contribution in [3.05, 3.63) is 24.5 Å². The van der Waals surface area contributed by atoms with Gasteiger partial charge in [-0.1, -0.05) is 33.4 Å². The molecule has 448 valence electrons. The molecule has 0 aromatic carbocycles. The Morgan fingerprint density at radius 2 is 0.949 bits per heavy atom. The summed E-state index contributed by atoms with van der Waals surface area (Å²) in [5, 5.41) is 181. The lowest BCUT2D eigenvalue weighted by Crippen LogP contribution is -2.68. The highest BCUT2D eigenvalue weighted by atomic mass is 16.8. The maximum Gasteiger partial charge on any atom is 0.228 e. The number of allylic oxidation sites excluding steroid dienone is 1. The normalized spacial score (nSPS) is 54.5. The molecule has 5 heterocycles. The van der Waals surface area contributed by atoms with Crippen molar-refractivity contribution in [3.8, 4) is 0 Å². The minimum Gasteiger partial charge on any atom is -0.466 e. The van der Waals surface area contributed by atoms with Crippen molar-refractivity contribution < 1.29 is 134 Å². The number of hydrogen-bond acceptors (Lipinski definition) is 27. The Kier molecular flexibility index (Phi) is 18.2. The van der Waals surface area contributed by atoms with Crippen LogP contribution >= 0.6 is 0 Å². The zero-order chi connectivity index (χ0) is 56.7. The Labute approximate surface area is 449 Å². The van der Waals surface area contributed by atoms with Gasteiger partial charge in [-0.3, -0.25) is 0 Å². The fraction of sp³-hybridized carbons (Fsp3) is 0.922. The Morgan fingerprint density at radius 3 is 1.50 bits per heavy atom. The van der Waals surface area contributed by atoms with Gasteiger partial charge in [0.2, 0.25) is 6.29 Å². The van der Waals surface area contributed by atoms with Crippen LogP contribution in [0.5, 0.6) is 0 Å². The van der Waals surface area contributed by atoms with E-state index < -0.39 is 203 Å². The quantitative estimate of drug-likeness (QED) is 0.0388. The molecule has 2 bridgehead atoms. The van der Waals surface area contributed by atoms with Gasteiger partial charge in [-0.25, -0.2) is 0 Å². The number of hydrogen-bond donors (Lipinski definition) is 17. The summed E-state index contributed by atoms with van der Waals surface area (Å²) in [5.41, 5.74) is -1.92. The summed E-state index contributed by atoms with van der Waals surface area (Å²) in [5.74, 6) is 0.295. The van der Waals surface area contributed by atoms with Gasteiger partial charge >= 0.3 is 0 Å². The second-order valence-corrected chi connectivity index (χ2v) is 23.8. The molecule has 9 fully saturated rings. The van der Waals surface area contributed by atoms with Crippen LogP contribution in [-0.4, -0.2) is 279 Å². The highest BCUT2D eigenvalue weighted by Crippen LogP contribution is 2.74. The summed E-state index contributed by atoms with van der Waals surface area (Å²) in [7, 11) is 0. The molecule has 17 N–H and O–H groups in total. The first-order valence-corrected chi connectivity index (χ1v) is 27.0. The number of aliphatic hydroxyl groups excluding tert-OH is 17. The van der Waals surface area contributed by atoms with Crippen molar-refractivity contribution in [2.24, 2.45) is 28.1 Å². The van der Waals surface area contributed by atoms with E-state index in [-0.39, 0.29) is 23.0 Å². The lowest BCUT2D eigenvalue weighted by atomic mass is 9.40. The predicted octanol–water partition coefficient (Wildman–Crippen LogP) is -6.30. The molecule has 0 amide bonds. The zero-order valence-corrected chi connectivity index (χ0v) is 43.6. The van der Waals surface area contributed by atoms with E-state index in [0.29, 0.717) is 50.5 Å². The highest BCUT2D eigenvalue weighted by Gasteiger charge is 2.69. The summed E-state index contributed by atoms with van der Waals surface area (Å²) in [6.45, 7) is 9.53. The average molecular weight is 1130 g/mol. The molecule has 9 aliphatic rings. The van der Waals surface area contributed by atoms with Gasteiger partial charge in [-0.05, 0) is 79.6 Å². The second-order valence-electron chi connectivity index (χ2n) is 23.8. The fourth-order valence-electron chi connectivity index (χ4n) is 15.0. The van der Waals surface area contributed by atoms with Gasteiger partial charge in [0.1, 0.15) is 122 Å². The third-order valence-corrected chi connectivity index (χ3v) is 19.4. The molecule has 1 spiro atoms. The molecule has 4 aliphatic carbocycles. The van der Waals surface area contributed by atoms with E-state index in [2.05, 4.69) is 20.1 Å². The first-order valence-electron chi connectivity index (χ1n) is 27.0. The minimum atomic E-state index is -1.97. The Bertz CT molecular complexity index is 2070. The van der Waals surface area contributed by atoms with Crippen molar-refractivity contribution in [2.45, 2.75) is 231 Å². The standard InChI is InChI=1S/C51H82O27/c1-19-12-50-10-6-26-48(3,20(2)70-44-38(66)36(64)31(59)25(75-44)17-69-43-37(65)33(61)28(56)21(13-52)71-43)8-5-9-49(26,4)27(50)7-11-51(19,18-50)78-47-42(77-46-40(68)35(63)30(58)23(15-54)73-46)41(32(60)24(16-55)74-47)76-45-39(67)34(62)29(57)22(14-53)72-45/h21-47,52-68H,1-2,5-18H2,3-4H3/t21?,22?,23?,24?,25?,26?,27?,28-,29-,30-,31-,32-,33?,34+,35+,36?,37+,38?,39?,40?,41?,42+,43+,44-,45+,46+,47+,48+,49-,50-,51+/m1/s1. The van der Waals surface area contributed by atoms with Crippen molar-refractivity contribution in [1.82, 2.24) is 0 Å². The van der Waals surface area contributed by atoms with Gasteiger partial charge in [-0.15, -0.1) is 0 Å². The summed E-state index contributed by atoms with van der Waals surface area (Å²) in [6, 6.07) is 0. The van der Waals surface area contributed by atoms with Crippen LogP contribution in [0.4, 0.5) is 0 Å². The maximum absolute atomic E-state index is 11.8. The van der Waals surface area contributed by atoms with Crippen LogP contribution < -0.4 is 0 Å². The Balaban J connectivity index is 0.933. The smallest absolute Gasteiger partial charge is 0.228 e. The summed E-state index contributed by atoms with van der Waals surface area (Å²) in [6.07, 6.45) is -36.9. The molecule has 0 aromatic heterocycles. The van der Waals surface area contributed by atoms with Crippen LogP contribution in [0.15, 0.2) is 24.5 Å². The second kappa shape index (κ2) is 23.4. The van der Waals surface area contributed by atoms with Crippen LogP contribution in [0.3, 0.4) is 0 Å². The summed E-state index contributed by atoms with van der Waals surface area (Å²) >= 11 is 0. The van der Waals surface area contributed by atoms with E-state index in [0.717, 1.165) is 12.8 Å². The highest BCUT2D eigenvalue weighted by molar-refractivity contribution is 5.31. The largest absolute Gasteiger partial charge is 0.466 e. The van der Waals surface area contributed by atoms with Crippen LogP contribution in [0.1, 0.15) is 71.6 Å². The molecule has 9 rings (SSSR count). The van der Waals surface area contributed by atoms with Gasteiger partial charge in [0.15, 0.2) is 25.2 Å². The third-order valence-electron chi connectivity index (χ3n) is 19.4. The maximum atomic E-state index is 11.8. The van der Waals surface area contributed by atoms with E-state index in [9.17, 15) is 86.8 Å². The van der Waals surface area contributed by atoms with Gasteiger partial charge in [0.25, 0.3) is 0 Å². The molecule has 5 saturated heterocycles. The SMILES string of the molecule is C=C1C[C@@]23CCC4[C@@](C)(CCC[C@@]4(C)C(=C)O[C@@H]4OC(CO[C@H]5OC(CO)[C@@H](O)C(O)[C@@H]5O)[C@@H](O)C(O)C4O)C2CC[C@]1(O[C@@H]1OC(CO)[C@@H](O)C(O[C@@H]2OC(CO)[C@@H](O)[C@H](O)C2O)[C@@H]1O[C@@H]1OC(CO)[C@@H](O)[C@H](O)C1O)C3. The molecular weight excluding hydrogens is 1040 g/mol. The van der Waals surface area contributed by atoms with E-state index in [1.165, 1.54) is 0 Å². The first-order chi connectivity index (χ1) is 36.8. The predicted molar refractivity (Wildman–Crippen MR) is 256 cm³/mol. The molecule has 0 radical (unpaired) electrons. The Morgan fingerprint density at radius 1 is 0.500 bits per heavy atom. The Hall–Kier alpha value is -1.76. The first kappa shape index (κ1) is 60.8. The van der Waals surface area contributed by atoms with Crippen LogP contribution in [0.25, 0.3) is 0 Å². The number of aliphatic hydroxyl groups is 17. The van der Waals surface area contributed by atoms with Crippen molar-refractivity contribution in [3.63, 3.8) is 0 Å². The number of ether oxygens (including phenoxy) is 10. The molecular formula is C51H82O27. The number of fused-ring (bicyclic) bond motifs is 3. The fourth-order valence-corrected chi connectivity index (χ4v) is 15.0. The molecule has 78 heavy (non-hydrogen) atoms. The van der Waals surface area contributed by atoms with E-state index in [1.807, 2.05) is 6.92 Å². The lowest BCUT2D eigenvalue weighted by Gasteiger charge is -2.65. The topological polar surface area (TPSA) is 436 Å². The van der Waals surface area contributed by atoms with Crippen molar-refractivity contribution >= 4 is 0 Å². The molecule has 27 heteroatoms. The minimum absolute atomic E-state index is 0.0455. The van der Waals surface area contributed by atoms with Crippen molar-refractivity contribution in [1.29, 1.82) is 0 Å². The molecule has 31 atom stereocenters. The molecule has 27 nitrogen and oxygen atoms in total. The van der Waals surface area contributed by atoms with Crippen LogP contribution in [-0.2, 0) is 47.4 Å². The van der Waals surface area contributed by atoms with Gasteiger partial charge in [0, 0.05) is 5.41 Å². The van der Waals surface area contributed by atoms with Crippen molar-refractivity contribution in [2.75, 3.05) is 33.0 Å². The van der Waals surface area contributed by atoms with Gasteiger partial charge in [-0.2, -0.15) is 0 Å². The summed E-state index contributed by atoms with van der Waals surface area (Å²) in [4.78, 5) is 0. The number of rotatable bonds is 16. The van der Waals surface area contributed by atoms with E-state index >= 15 is 0 Å². The molecule has 13 unspecified atom stereocenters. The average Bonchev–Trinajstić information content (AvgIpc) is 3.54. The van der Waals surface area contributed by atoms with E-state index in [1.54, 1.807) is 0 Å². The van der Waals surface area contributed by atoms with Crippen LogP contribution in [0.2, 0.25) is 0 Å². The van der Waals surface area contributed by atoms with Crippen LogP contribution in [0, 0.1) is 28.1 Å². The molecule has 4 saturated carbocycles. The molecule has 0 aromatic rings. The monoisotopic (exact) mass is 1130 g/mol. The zero-order valence-electron chi connectivity index (χ0n) is 43.6. The summed E-state index contributed by atoms with van der Waals surface area (Å²) < 4.78 is 60.5.